The molecular weight excluding hydrogens is 131 g/mol. The SMILES string of the molecule is CC1CN(F)C(C)CN1C. The Hall–Kier alpha value is -0.150. The van der Waals surface area contributed by atoms with Crippen molar-refractivity contribution in [1.29, 1.82) is 0 Å². The second-order valence-corrected chi connectivity index (χ2v) is 3.22. The van der Waals surface area contributed by atoms with Crippen LogP contribution in [0.1, 0.15) is 13.8 Å². The molecule has 1 aliphatic heterocycles. The third-order valence-corrected chi connectivity index (χ3v) is 2.22. The van der Waals surface area contributed by atoms with E-state index in [0.717, 1.165) is 11.7 Å². The lowest BCUT2D eigenvalue weighted by molar-refractivity contribution is -0.0763. The summed E-state index contributed by atoms with van der Waals surface area (Å²) in [5.41, 5.74) is 0. The zero-order chi connectivity index (χ0) is 7.72. The Labute approximate surface area is 61.5 Å². The van der Waals surface area contributed by atoms with Gasteiger partial charge in [0.25, 0.3) is 0 Å². The molecule has 1 saturated heterocycles. The van der Waals surface area contributed by atoms with Gasteiger partial charge in [-0.25, -0.2) is 0 Å². The average molecular weight is 146 g/mol. The third kappa shape index (κ3) is 1.47. The molecule has 2 unspecified atom stereocenters. The van der Waals surface area contributed by atoms with Gasteiger partial charge in [0, 0.05) is 19.1 Å². The Morgan fingerprint density at radius 1 is 1.20 bits per heavy atom. The van der Waals surface area contributed by atoms with E-state index in [1.54, 1.807) is 0 Å². The minimum absolute atomic E-state index is 0.0567. The molecule has 1 rings (SSSR count). The van der Waals surface area contributed by atoms with Gasteiger partial charge in [-0.3, -0.25) is 0 Å². The number of piperazine rings is 1. The second kappa shape index (κ2) is 2.84. The van der Waals surface area contributed by atoms with Gasteiger partial charge in [0.05, 0.1) is 6.04 Å². The lowest BCUT2D eigenvalue weighted by Gasteiger charge is -2.37. The molecule has 2 atom stereocenters. The molecule has 60 valence electrons. The maximum absolute atomic E-state index is 12.8. The topological polar surface area (TPSA) is 6.48 Å². The fourth-order valence-electron chi connectivity index (χ4n) is 1.26. The minimum atomic E-state index is 0.0567. The van der Waals surface area contributed by atoms with Crippen LogP contribution >= 0.6 is 0 Å². The molecule has 0 saturated carbocycles. The Morgan fingerprint density at radius 2 is 1.80 bits per heavy atom. The molecule has 0 amide bonds. The van der Waals surface area contributed by atoms with E-state index < -0.39 is 0 Å². The van der Waals surface area contributed by atoms with Crippen LogP contribution in [0.2, 0.25) is 0 Å². The molecule has 0 aromatic heterocycles. The molecule has 0 N–H and O–H groups in total. The van der Waals surface area contributed by atoms with Crippen molar-refractivity contribution >= 4 is 0 Å². The van der Waals surface area contributed by atoms with Crippen molar-refractivity contribution in [3.63, 3.8) is 0 Å². The van der Waals surface area contributed by atoms with Gasteiger partial charge in [0.15, 0.2) is 0 Å². The summed E-state index contributed by atoms with van der Waals surface area (Å²) in [5.74, 6) is 0. The molecule has 0 spiro atoms. The van der Waals surface area contributed by atoms with Gasteiger partial charge < -0.3 is 4.90 Å². The highest BCUT2D eigenvalue weighted by molar-refractivity contribution is 4.77. The third-order valence-electron chi connectivity index (χ3n) is 2.22. The molecular formula is C7H15FN2. The van der Waals surface area contributed by atoms with Crippen LogP contribution in [0.25, 0.3) is 0 Å². The molecule has 0 radical (unpaired) electrons. The highest BCUT2D eigenvalue weighted by atomic mass is 19.2. The Morgan fingerprint density at radius 3 is 2.30 bits per heavy atom. The number of rotatable bonds is 0. The second-order valence-electron chi connectivity index (χ2n) is 3.22. The largest absolute Gasteiger partial charge is 0.301 e. The predicted octanol–water partition coefficient (Wildman–Crippen LogP) is 0.895. The quantitative estimate of drug-likeness (QED) is 0.468. The average Bonchev–Trinajstić information content (AvgIpc) is 1.84. The van der Waals surface area contributed by atoms with Crippen LogP contribution in [-0.4, -0.2) is 42.2 Å². The van der Waals surface area contributed by atoms with E-state index in [0.29, 0.717) is 12.6 Å². The van der Waals surface area contributed by atoms with Crippen LogP contribution in [0.15, 0.2) is 0 Å². The first-order valence-corrected chi connectivity index (χ1v) is 3.74. The van der Waals surface area contributed by atoms with Crippen LogP contribution in [0.3, 0.4) is 0 Å². The predicted molar refractivity (Wildman–Crippen MR) is 39.4 cm³/mol. The van der Waals surface area contributed by atoms with Crippen LogP contribution in [0.5, 0.6) is 0 Å². The van der Waals surface area contributed by atoms with Gasteiger partial charge in [-0.1, -0.05) is 0 Å². The standard InChI is InChI=1S/C7H15FN2/c1-6-5-10(8)7(2)4-9(6)3/h6-7H,4-5H2,1-3H3. The van der Waals surface area contributed by atoms with Crippen molar-refractivity contribution in [2.75, 3.05) is 20.1 Å². The molecule has 1 aliphatic rings. The van der Waals surface area contributed by atoms with Gasteiger partial charge in [-0.2, -0.15) is 0 Å². The van der Waals surface area contributed by atoms with Gasteiger partial charge in [0.2, 0.25) is 0 Å². The molecule has 0 aliphatic carbocycles. The van der Waals surface area contributed by atoms with Gasteiger partial charge in [-0.05, 0) is 20.9 Å². The van der Waals surface area contributed by atoms with Gasteiger partial charge >= 0.3 is 0 Å². The van der Waals surface area contributed by atoms with Crippen LogP contribution in [-0.2, 0) is 0 Å². The van der Waals surface area contributed by atoms with E-state index in [1.165, 1.54) is 0 Å². The molecule has 1 fully saturated rings. The van der Waals surface area contributed by atoms with E-state index in [2.05, 4.69) is 4.90 Å². The molecule has 1 heterocycles. The fraction of sp³-hybridized carbons (Fsp3) is 1.00. The summed E-state index contributed by atoms with van der Waals surface area (Å²) in [5, 5.41) is 0.921. The normalized spacial score (nSPS) is 38.4. The maximum Gasteiger partial charge on any atom is 0.0502 e. The molecule has 0 bridgehead atoms. The number of halogens is 1. The van der Waals surface area contributed by atoms with Crippen molar-refractivity contribution in [1.82, 2.24) is 10.0 Å². The summed E-state index contributed by atoms with van der Waals surface area (Å²) in [4.78, 5) is 2.18. The molecule has 0 aromatic carbocycles. The fourth-order valence-corrected chi connectivity index (χ4v) is 1.26. The minimum Gasteiger partial charge on any atom is -0.301 e. The molecule has 0 aromatic rings. The summed E-state index contributed by atoms with van der Waals surface area (Å²) in [6.07, 6.45) is 0. The number of hydrogen-bond acceptors (Lipinski definition) is 2. The van der Waals surface area contributed by atoms with Crippen LogP contribution in [0.4, 0.5) is 4.48 Å². The van der Waals surface area contributed by atoms with E-state index in [9.17, 15) is 4.48 Å². The first-order valence-electron chi connectivity index (χ1n) is 3.74. The van der Waals surface area contributed by atoms with Crippen molar-refractivity contribution in [3.05, 3.63) is 0 Å². The smallest absolute Gasteiger partial charge is 0.0502 e. The number of likely N-dealkylation sites (N-methyl/N-ethyl adjacent to an activating group) is 1. The number of nitrogens with zero attached hydrogens (tertiary/aromatic N) is 2. The van der Waals surface area contributed by atoms with E-state index in [-0.39, 0.29) is 6.04 Å². The summed E-state index contributed by atoms with van der Waals surface area (Å²) in [7, 11) is 2.04. The van der Waals surface area contributed by atoms with Crippen molar-refractivity contribution in [3.8, 4) is 0 Å². The van der Waals surface area contributed by atoms with E-state index in [1.807, 2.05) is 20.9 Å². The Bertz CT molecular complexity index is 92.2. The molecule has 10 heavy (non-hydrogen) atoms. The summed E-state index contributed by atoms with van der Waals surface area (Å²) >= 11 is 0. The zero-order valence-electron chi connectivity index (χ0n) is 6.84. The monoisotopic (exact) mass is 146 g/mol. The van der Waals surface area contributed by atoms with Crippen LogP contribution < -0.4 is 0 Å². The summed E-state index contributed by atoms with van der Waals surface area (Å²) in [6.45, 7) is 5.32. The van der Waals surface area contributed by atoms with Crippen molar-refractivity contribution < 1.29 is 4.48 Å². The van der Waals surface area contributed by atoms with E-state index in [4.69, 9.17) is 0 Å². The highest BCUT2D eigenvalue weighted by Gasteiger charge is 2.26. The Balaban J connectivity index is 2.46. The highest BCUT2D eigenvalue weighted by Crippen LogP contribution is 2.12. The maximum atomic E-state index is 12.8. The van der Waals surface area contributed by atoms with Crippen molar-refractivity contribution in [2.24, 2.45) is 0 Å². The summed E-state index contributed by atoms with van der Waals surface area (Å²) < 4.78 is 12.8. The van der Waals surface area contributed by atoms with E-state index >= 15 is 0 Å². The zero-order valence-corrected chi connectivity index (χ0v) is 6.84. The number of hydrogen-bond donors (Lipinski definition) is 0. The molecule has 3 heteroatoms. The summed E-state index contributed by atoms with van der Waals surface area (Å²) in [6, 6.07) is 0.405. The lowest BCUT2D eigenvalue weighted by Crippen LogP contribution is -2.51. The van der Waals surface area contributed by atoms with Crippen LogP contribution in [0, 0.1) is 0 Å². The first kappa shape index (κ1) is 7.95. The molecule has 2 nitrogen and oxygen atoms in total. The Kier molecular flexibility index (Phi) is 2.26. The first-order chi connectivity index (χ1) is 4.61. The van der Waals surface area contributed by atoms with Crippen molar-refractivity contribution in [2.45, 2.75) is 25.9 Å². The van der Waals surface area contributed by atoms with Gasteiger partial charge in [0.1, 0.15) is 0 Å². The van der Waals surface area contributed by atoms with Gasteiger partial charge in [-0.15, -0.1) is 9.60 Å². The lowest BCUT2D eigenvalue weighted by atomic mass is 10.1.